The van der Waals surface area contributed by atoms with Crippen LogP contribution in [0.5, 0.6) is 0 Å². The molecule has 0 aliphatic carbocycles. The summed E-state index contributed by atoms with van der Waals surface area (Å²) in [5.74, 6) is -0.496. The third-order valence-corrected chi connectivity index (χ3v) is 4.24. The minimum absolute atomic E-state index is 0.0657. The molecule has 4 nitrogen and oxygen atoms in total. The Kier molecular flexibility index (Phi) is 5.23. The lowest BCUT2D eigenvalue weighted by molar-refractivity contribution is -0.149. The van der Waals surface area contributed by atoms with E-state index in [1.165, 1.54) is 0 Å². The number of carbonyl (C=O) groups is 2. The highest BCUT2D eigenvalue weighted by Gasteiger charge is 2.30. The molecule has 1 aliphatic rings. The minimum atomic E-state index is -0.220. The summed E-state index contributed by atoms with van der Waals surface area (Å²) >= 11 is 6.07. The van der Waals surface area contributed by atoms with E-state index in [1.54, 1.807) is 30.0 Å². The van der Waals surface area contributed by atoms with Gasteiger partial charge in [-0.15, -0.1) is 0 Å². The van der Waals surface area contributed by atoms with E-state index in [-0.39, 0.29) is 17.8 Å². The summed E-state index contributed by atoms with van der Waals surface area (Å²) in [6, 6.07) is 5.32. The molecule has 1 aromatic rings. The summed E-state index contributed by atoms with van der Waals surface area (Å²) in [6.07, 6.45) is 1.59. The summed E-state index contributed by atoms with van der Waals surface area (Å²) < 4.78 is 5.06. The number of hydrogen-bond acceptors (Lipinski definition) is 3. The van der Waals surface area contributed by atoms with Gasteiger partial charge < -0.3 is 9.64 Å². The van der Waals surface area contributed by atoms with Crippen molar-refractivity contribution < 1.29 is 14.3 Å². The van der Waals surface area contributed by atoms with Crippen molar-refractivity contribution in [1.82, 2.24) is 4.90 Å². The lowest BCUT2D eigenvalue weighted by atomic mass is 9.97. The summed E-state index contributed by atoms with van der Waals surface area (Å²) in [7, 11) is 0. The van der Waals surface area contributed by atoms with Gasteiger partial charge in [-0.1, -0.05) is 17.7 Å². The van der Waals surface area contributed by atoms with Crippen LogP contribution in [0.25, 0.3) is 0 Å². The van der Waals surface area contributed by atoms with E-state index in [0.29, 0.717) is 30.3 Å². The lowest BCUT2D eigenvalue weighted by Gasteiger charge is -2.32. The summed E-state index contributed by atoms with van der Waals surface area (Å²) in [5.41, 5.74) is 1.38. The Morgan fingerprint density at radius 3 is 2.90 bits per heavy atom. The second-order valence-electron chi connectivity index (χ2n) is 5.25. The maximum atomic E-state index is 12.6. The van der Waals surface area contributed by atoms with E-state index in [2.05, 4.69) is 0 Å². The van der Waals surface area contributed by atoms with Crippen molar-refractivity contribution in [2.24, 2.45) is 5.92 Å². The molecule has 1 aromatic carbocycles. The van der Waals surface area contributed by atoms with Gasteiger partial charge in [0.2, 0.25) is 0 Å². The largest absolute Gasteiger partial charge is 0.466 e. The van der Waals surface area contributed by atoms with Gasteiger partial charge in [0.1, 0.15) is 0 Å². The third kappa shape index (κ3) is 3.56. The van der Waals surface area contributed by atoms with Crippen LogP contribution >= 0.6 is 11.6 Å². The second kappa shape index (κ2) is 6.94. The SMILES string of the molecule is CCOC(=O)C1CCCN(C(=O)c2cccc(Cl)c2C)C1. The molecule has 1 amide bonds. The molecule has 114 valence electrons. The van der Waals surface area contributed by atoms with E-state index in [1.807, 2.05) is 6.92 Å². The first-order valence-corrected chi connectivity index (χ1v) is 7.63. The Bertz CT molecular complexity index is 544. The number of esters is 1. The highest BCUT2D eigenvalue weighted by atomic mass is 35.5. The molecule has 2 rings (SSSR count). The van der Waals surface area contributed by atoms with Gasteiger partial charge in [0.25, 0.3) is 5.91 Å². The zero-order chi connectivity index (χ0) is 15.4. The first-order valence-electron chi connectivity index (χ1n) is 7.25. The van der Waals surface area contributed by atoms with Crippen LogP contribution in [0.1, 0.15) is 35.7 Å². The van der Waals surface area contributed by atoms with E-state index in [0.717, 1.165) is 18.4 Å². The highest BCUT2D eigenvalue weighted by molar-refractivity contribution is 6.31. The first-order chi connectivity index (χ1) is 10.0. The molecule has 1 aliphatic heterocycles. The fourth-order valence-electron chi connectivity index (χ4n) is 2.62. The summed E-state index contributed by atoms with van der Waals surface area (Å²) in [4.78, 5) is 26.2. The van der Waals surface area contributed by atoms with Crippen molar-refractivity contribution in [2.45, 2.75) is 26.7 Å². The fourth-order valence-corrected chi connectivity index (χ4v) is 2.80. The van der Waals surface area contributed by atoms with E-state index >= 15 is 0 Å². The number of hydrogen-bond donors (Lipinski definition) is 0. The lowest BCUT2D eigenvalue weighted by Crippen LogP contribution is -2.43. The molecule has 0 aromatic heterocycles. The van der Waals surface area contributed by atoms with Crippen molar-refractivity contribution in [2.75, 3.05) is 19.7 Å². The Balaban J connectivity index is 2.12. The van der Waals surface area contributed by atoms with Gasteiger partial charge in [-0.25, -0.2) is 0 Å². The zero-order valence-corrected chi connectivity index (χ0v) is 13.2. The van der Waals surface area contributed by atoms with Crippen molar-refractivity contribution in [3.8, 4) is 0 Å². The Labute approximate surface area is 130 Å². The van der Waals surface area contributed by atoms with Gasteiger partial charge >= 0.3 is 5.97 Å². The predicted molar refractivity (Wildman–Crippen MR) is 81.4 cm³/mol. The zero-order valence-electron chi connectivity index (χ0n) is 12.4. The number of benzene rings is 1. The number of rotatable bonds is 3. The van der Waals surface area contributed by atoms with Crippen molar-refractivity contribution in [3.63, 3.8) is 0 Å². The molecule has 1 heterocycles. The smallest absolute Gasteiger partial charge is 0.310 e. The normalized spacial score (nSPS) is 18.4. The van der Waals surface area contributed by atoms with Crippen LogP contribution in [0.4, 0.5) is 0 Å². The average molecular weight is 310 g/mol. The van der Waals surface area contributed by atoms with Crippen molar-refractivity contribution >= 4 is 23.5 Å². The van der Waals surface area contributed by atoms with Crippen molar-refractivity contribution in [1.29, 1.82) is 0 Å². The number of ether oxygens (including phenoxy) is 1. The highest BCUT2D eigenvalue weighted by Crippen LogP contribution is 2.24. The number of likely N-dealkylation sites (tertiary alicyclic amines) is 1. The van der Waals surface area contributed by atoms with Gasteiger partial charge in [-0.2, -0.15) is 0 Å². The molecular formula is C16H20ClNO3. The molecule has 0 radical (unpaired) electrons. The average Bonchev–Trinajstić information content (AvgIpc) is 2.50. The van der Waals surface area contributed by atoms with Crippen LogP contribution in [-0.4, -0.2) is 36.5 Å². The molecular weight excluding hydrogens is 290 g/mol. The fraction of sp³-hybridized carbons (Fsp3) is 0.500. The molecule has 21 heavy (non-hydrogen) atoms. The quantitative estimate of drug-likeness (QED) is 0.806. The first kappa shape index (κ1) is 15.8. The summed E-state index contributed by atoms with van der Waals surface area (Å²) in [6.45, 7) is 5.09. The van der Waals surface area contributed by atoms with Crippen LogP contribution in [0.3, 0.4) is 0 Å². The van der Waals surface area contributed by atoms with Crippen LogP contribution in [0.15, 0.2) is 18.2 Å². The molecule has 0 bridgehead atoms. The molecule has 1 fully saturated rings. The molecule has 0 spiro atoms. The van der Waals surface area contributed by atoms with Gasteiger partial charge in [0.05, 0.1) is 12.5 Å². The molecule has 0 saturated carbocycles. The number of nitrogens with zero attached hydrogens (tertiary/aromatic N) is 1. The number of piperidine rings is 1. The number of amides is 1. The van der Waals surface area contributed by atoms with Crippen LogP contribution < -0.4 is 0 Å². The van der Waals surface area contributed by atoms with Gasteiger partial charge in [-0.05, 0) is 44.4 Å². The van der Waals surface area contributed by atoms with Gasteiger partial charge in [0, 0.05) is 23.7 Å². The van der Waals surface area contributed by atoms with Crippen LogP contribution in [0.2, 0.25) is 5.02 Å². The molecule has 1 unspecified atom stereocenters. The number of carbonyl (C=O) groups excluding carboxylic acids is 2. The topological polar surface area (TPSA) is 46.6 Å². The second-order valence-corrected chi connectivity index (χ2v) is 5.66. The predicted octanol–water partition coefficient (Wildman–Crippen LogP) is 3.06. The molecule has 1 atom stereocenters. The van der Waals surface area contributed by atoms with E-state index in [9.17, 15) is 9.59 Å². The van der Waals surface area contributed by atoms with Gasteiger partial charge in [0.15, 0.2) is 0 Å². The summed E-state index contributed by atoms with van der Waals surface area (Å²) in [5, 5.41) is 0.583. The molecule has 0 N–H and O–H groups in total. The van der Waals surface area contributed by atoms with Crippen LogP contribution in [-0.2, 0) is 9.53 Å². The Hall–Kier alpha value is -1.55. The van der Waals surface area contributed by atoms with E-state index in [4.69, 9.17) is 16.3 Å². The maximum Gasteiger partial charge on any atom is 0.310 e. The third-order valence-electron chi connectivity index (χ3n) is 3.83. The van der Waals surface area contributed by atoms with Crippen molar-refractivity contribution in [3.05, 3.63) is 34.3 Å². The van der Waals surface area contributed by atoms with Gasteiger partial charge in [-0.3, -0.25) is 9.59 Å². The Morgan fingerprint density at radius 1 is 1.43 bits per heavy atom. The maximum absolute atomic E-state index is 12.6. The molecule has 5 heteroatoms. The standard InChI is InChI=1S/C16H20ClNO3/c1-3-21-16(20)12-6-5-9-18(10-12)15(19)13-7-4-8-14(17)11(13)2/h4,7-8,12H,3,5-6,9-10H2,1-2H3. The number of halogens is 1. The van der Waals surface area contributed by atoms with Crippen LogP contribution in [0, 0.1) is 12.8 Å². The molecule has 1 saturated heterocycles. The Morgan fingerprint density at radius 2 is 2.19 bits per heavy atom. The monoisotopic (exact) mass is 309 g/mol. The minimum Gasteiger partial charge on any atom is -0.466 e. The van der Waals surface area contributed by atoms with E-state index < -0.39 is 0 Å².